The third-order valence-corrected chi connectivity index (χ3v) is 4.71. The summed E-state index contributed by atoms with van der Waals surface area (Å²) in [4.78, 5) is 6.76. The standard InChI is InChI=1S/C18H27N3O/c1-21(2)18(20-13-14-6-4-3-5-7-14)19-11-10-15-12-16-8-9-17(15)22-16/h3-7,15-17H,8-13H2,1-2H3,(H,19,20). The van der Waals surface area contributed by atoms with E-state index in [4.69, 9.17) is 9.73 Å². The van der Waals surface area contributed by atoms with Gasteiger partial charge in [0.05, 0.1) is 18.8 Å². The van der Waals surface area contributed by atoms with Crippen LogP contribution >= 0.6 is 0 Å². The molecule has 1 N–H and O–H groups in total. The van der Waals surface area contributed by atoms with E-state index in [0.717, 1.165) is 25.0 Å². The monoisotopic (exact) mass is 301 g/mol. The second kappa shape index (κ2) is 7.14. The molecule has 4 nitrogen and oxygen atoms in total. The summed E-state index contributed by atoms with van der Waals surface area (Å²) in [6.07, 6.45) is 6.05. The number of nitrogens with one attached hydrogen (secondary N) is 1. The van der Waals surface area contributed by atoms with Gasteiger partial charge in [-0.05, 0) is 37.2 Å². The molecule has 0 saturated carbocycles. The summed E-state index contributed by atoms with van der Waals surface area (Å²) in [6.45, 7) is 1.70. The summed E-state index contributed by atoms with van der Waals surface area (Å²) in [6, 6.07) is 10.4. The summed E-state index contributed by atoms with van der Waals surface area (Å²) in [5, 5.41) is 3.50. The van der Waals surface area contributed by atoms with Crippen LogP contribution in [0, 0.1) is 5.92 Å². The molecule has 0 spiro atoms. The molecule has 1 aromatic rings. The van der Waals surface area contributed by atoms with Gasteiger partial charge in [0.25, 0.3) is 0 Å². The molecule has 22 heavy (non-hydrogen) atoms. The molecule has 3 rings (SSSR count). The molecule has 2 heterocycles. The number of aliphatic imine (C=N–C) groups is 1. The molecule has 2 fully saturated rings. The number of nitrogens with zero attached hydrogens (tertiary/aromatic N) is 2. The smallest absolute Gasteiger partial charge is 0.193 e. The van der Waals surface area contributed by atoms with E-state index < -0.39 is 0 Å². The maximum atomic E-state index is 5.93. The van der Waals surface area contributed by atoms with E-state index in [1.54, 1.807) is 0 Å². The highest BCUT2D eigenvalue weighted by molar-refractivity contribution is 5.79. The number of benzene rings is 1. The van der Waals surface area contributed by atoms with Crippen molar-refractivity contribution in [1.82, 2.24) is 10.2 Å². The van der Waals surface area contributed by atoms with E-state index in [-0.39, 0.29) is 0 Å². The number of ether oxygens (including phenoxy) is 1. The Morgan fingerprint density at radius 3 is 2.73 bits per heavy atom. The third kappa shape index (κ3) is 3.80. The van der Waals surface area contributed by atoms with Crippen molar-refractivity contribution >= 4 is 5.96 Å². The Balaban J connectivity index is 1.47. The van der Waals surface area contributed by atoms with Crippen LogP contribution in [0.2, 0.25) is 0 Å². The second-order valence-corrected chi connectivity index (χ2v) is 6.60. The van der Waals surface area contributed by atoms with Crippen molar-refractivity contribution in [3.63, 3.8) is 0 Å². The van der Waals surface area contributed by atoms with Crippen LogP contribution in [-0.4, -0.2) is 43.7 Å². The average molecular weight is 301 g/mol. The van der Waals surface area contributed by atoms with Crippen LogP contribution in [0.15, 0.2) is 35.3 Å². The van der Waals surface area contributed by atoms with Gasteiger partial charge in [-0.15, -0.1) is 0 Å². The van der Waals surface area contributed by atoms with Crippen LogP contribution in [0.1, 0.15) is 31.2 Å². The van der Waals surface area contributed by atoms with E-state index in [9.17, 15) is 0 Å². The second-order valence-electron chi connectivity index (χ2n) is 6.60. The summed E-state index contributed by atoms with van der Waals surface area (Å²) >= 11 is 0. The van der Waals surface area contributed by atoms with E-state index in [1.807, 2.05) is 20.2 Å². The molecule has 0 radical (unpaired) electrons. The molecular formula is C18H27N3O. The van der Waals surface area contributed by atoms with Crippen LogP contribution in [0.5, 0.6) is 0 Å². The molecule has 1 aromatic carbocycles. The Hall–Kier alpha value is -1.55. The summed E-state index contributed by atoms with van der Waals surface area (Å²) in [7, 11) is 4.08. The van der Waals surface area contributed by atoms with Gasteiger partial charge in [0, 0.05) is 20.6 Å². The minimum atomic E-state index is 0.524. The van der Waals surface area contributed by atoms with Crippen molar-refractivity contribution in [2.75, 3.05) is 20.6 Å². The first-order chi connectivity index (χ1) is 10.7. The lowest BCUT2D eigenvalue weighted by Crippen LogP contribution is -2.38. The molecular weight excluding hydrogens is 274 g/mol. The highest BCUT2D eigenvalue weighted by atomic mass is 16.5. The van der Waals surface area contributed by atoms with E-state index in [1.165, 1.54) is 31.2 Å². The van der Waals surface area contributed by atoms with Gasteiger partial charge in [-0.1, -0.05) is 30.3 Å². The van der Waals surface area contributed by atoms with Crippen LogP contribution in [0.3, 0.4) is 0 Å². The maximum absolute atomic E-state index is 5.93. The third-order valence-electron chi connectivity index (χ3n) is 4.71. The highest BCUT2D eigenvalue weighted by Gasteiger charge is 2.40. The quantitative estimate of drug-likeness (QED) is 0.671. The first kappa shape index (κ1) is 15.3. The van der Waals surface area contributed by atoms with Gasteiger partial charge in [-0.2, -0.15) is 0 Å². The van der Waals surface area contributed by atoms with Gasteiger partial charge < -0.3 is 15.0 Å². The predicted octanol–water partition coefficient (Wildman–Crippen LogP) is 2.65. The zero-order valence-corrected chi connectivity index (χ0v) is 13.7. The topological polar surface area (TPSA) is 36.9 Å². The molecule has 0 amide bonds. The van der Waals surface area contributed by atoms with E-state index in [0.29, 0.717) is 12.2 Å². The van der Waals surface area contributed by atoms with Crippen LogP contribution in [-0.2, 0) is 11.3 Å². The van der Waals surface area contributed by atoms with Crippen molar-refractivity contribution in [2.45, 2.75) is 44.4 Å². The normalized spacial score (nSPS) is 27.2. The first-order valence-electron chi connectivity index (χ1n) is 8.37. The zero-order valence-electron chi connectivity index (χ0n) is 13.7. The fourth-order valence-electron chi connectivity index (χ4n) is 3.52. The SMILES string of the molecule is CN(C)C(=NCc1ccccc1)NCCC1CC2CCC1O2. The van der Waals surface area contributed by atoms with Gasteiger partial charge in [0.2, 0.25) is 0 Å². The highest BCUT2D eigenvalue weighted by Crippen LogP contribution is 2.40. The Bertz CT molecular complexity index is 500. The molecule has 0 aromatic heterocycles. The Morgan fingerprint density at radius 1 is 1.27 bits per heavy atom. The number of guanidine groups is 1. The first-order valence-corrected chi connectivity index (χ1v) is 8.37. The molecule has 4 heteroatoms. The van der Waals surface area contributed by atoms with Crippen LogP contribution < -0.4 is 5.32 Å². The Kier molecular flexibility index (Phi) is 4.98. The maximum Gasteiger partial charge on any atom is 0.193 e. The molecule has 2 aliphatic heterocycles. The lowest BCUT2D eigenvalue weighted by molar-refractivity contribution is 0.0914. The van der Waals surface area contributed by atoms with Gasteiger partial charge >= 0.3 is 0 Å². The lowest BCUT2D eigenvalue weighted by Gasteiger charge is -2.21. The Morgan fingerprint density at radius 2 is 2.09 bits per heavy atom. The fourth-order valence-corrected chi connectivity index (χ4v) is 3.52. The number of hydrogen-bond acceptors (Lipinski definition) is 2. The molecule has 2 aliphatic rings. The van der Waals surface area contributed by atoms with Gasteiger partial charge in [0.15, 0.2) is 5.96 Å². The molecule has 120 valence electrons. The number of hydrogen-bond donors (Lipinski definition) is 1. The molecule has 3 unspecified atom stereocenters. The van der Waals surface area contributed by atoms with Crippen molar-refractivity contribution in [2.24, 2.45) is 10.9 Å². The molecule has 2 saturated heterocycles. The molecule has 0 aliphatic carbocycles. The largest absolute Gasteiger partial charge is 0.375 e. The average Bonchev–Trinajstić information content (AvgIpc) is 3.14. The zero-order chi connectivity index (χ0) is 15.4. The summed E-state index contributed by atoms with van der Waals surface area (Å²) < 4.78 is 5.93. The van der Waals surface area contributed by atoms with Crippen molar-refractivity contribution in [3.05, 3.63) is 35.9 Å². The van der Waals surface area contributed by atoms with Gasteiger partial charge in [-0.3, -0.25) is 0 Å². The molecule has 3 atom stereocenters. The van der Waals surface area contributed by atoms with Crippen LogP contribution in [0.25, 0.3) is 0 Å². The van der Waals surface area contributed by atoms with Crippen LogP contribution in [0.4, 0.5) is 0 Å². The summed E-state index contributed by atoms with van der Waals surface area (Å²) in [5.41, 5.74) is 1.24. The number of fused-ring (bicyclic) bond motifs is 2. The predicted molar refractivity (Wildman–Crippen MR) is 89.9 cm³/mol. The van der Waals surface area contributed by atoms with Gasteiger partial charge in [0.1, 0.15) is 0 Å². The van der Waals surface area contributed by atoms with E-state index >= 15 is 0 Å². The minimum Gasteiger partial charge on any atom is -0.375 e. The molecule has 2 bridgehead atoms. The van der Waals surface area contributed by atoms with E-state index in [2.05, 4.69) is 34.5 Å². The summed E-state index contributed by atoms with van der Waals surface area (Å²) in [5.74, 6) is 1.71. The van der Waals surface area contributed by atoms with Crippen molar-refractivity contribution in [1.29, 1.82) is 0 Å². The lowest BCUT2D eigenvalue weighted by atomic mass is 9.87. The van der Waals surface area contributed by atoms with Gasteiger partial charge in [-0.25, -0.2) is 4.99 Å². The number of rotatable bonds is 5. The van der Waals surface area contributed by atoms with Crippen molar-refractivity contribution in [3.8, 4) is 0 Å². The van der Waals surface area contributed by atoms with Crippen molar-refractivity contribution < 1.29 is 4.74 Å². The Labute approximate surface area is 133 Å². The fraction of sp³-hybridized carbons (Fsp3) is 0.611. The minimum absolute atomic E-state index is 0.524.